The van der Waals surface area contributed by atoms with Crippen molar-refractivity contribution in [3.05, 3.63) is 70.3 Å². The molecule has 0 fully saturated rings. The Morgan fingerprint density at radius 3 is 2.24 bits per heavy atom. The minimum atomic E-state index is -4.98. The second-order valence-corrected chi connectivity index (χ2v) is 9.29. The predicted molar refractivity (Wildman–Crippen MR) is 128 cm³/mol. The number of aryl methyl sites for hydroxylation is 1. The summed E-state index contributed by atoms with van der Waals surface area (Å²) in [5.74, 6) is -0.314. The van der Waals surface area contributed by atoms with Crippen LogP contribution in [0.25, 0.3) is 11.3 Å². The molecule has 2 aromatic carbocycles. The second-order valence-electron chi connectivity index (χ2n) is 8.52. The van der Waals surface area contributed by atoms with Crippen LogP contribution in [-0.4, -0.2) is 40.1 Å². The summed E-state index contributed by atoms with van der Waals surface area (Å²) >= 11 is 1.28. The lowest BCUT2D eigenvalue weighted by atomic mass is 9.99. The number of carbonyl (C=O) groups is 1. The van der Waals surface area contributed by atoms with Gasteiger partial charge in [0.1, 0.15) is 11.4 Å². The molecule has 0 unspecified atom stereocenters. The molecule has 1 N–H and O–H groups in total. The zero-order valence-corrected chi connectivity index (χ0v) is 20.6. The van der Waals surface area contributed by atoms with Gasteiger partial charge in [-0.3, -0.25) is 4.79 Å². The standard InChI is InChI=1S/C25H22F6N4OS/c1-14-6-3-4-7-18(14)20-19-21(34-23(33-20)37-2)32-8-5-9-35(22(19)36)13-15-10-16(24(26,27)28)12-17(11-15)25(29,30)31/h3-4,6-7,10-12H,5,8-9,13H2,1-2H3,(H,32,33,34). The molecular formula is C25H22F6N4OS. The van der Waals surface area contributed by atoms with E-state index in [1.807, 2.05) is 19.1 Å². The van der Waals surface area contributed by atoms with Crippen molar-refractivity contribution in [2.75, 3.05) is 24.7 Å². The highest BCUT2D eigenvalue weighted by Gasteiger charge is 2.37. The van der Waals surface area contributed by atoms with Crippen LogP contribution in [-0.2, 0) is 18.9 Å². The quantitative estimate of drug-likeness (QED) is 0.228. The summed E-state index contributed by atoms with van der Waals surface area (Å²) in [6, 6.07) is 8.63. The van der Waals surface area contributed by atoms with Crippen molar-refractivity contribution in [1.82, 2.24) is 14.9 Å². The molecule has 1 aromatic heterocycles. The number of thioether (sulfide) groups is 1. The minimum Gasteiger partial charge on any atom is -0.369 e. The van der Waals surface area contributed by atoms with Crippen molar-refractivity contribution in [1.29, 1.82) is 0 Å². The zero-order chi connectivity index (χ0) is 27.0. The summed E-state index contributed by atoms with van der Waals surface area (Å²) in [6.45, 7) is 1.91. The van der Waals surface area contributed by atoms with E-state index in [4.69, 9.17) is 0 Å². The summed E-state index contributed by atoms with van der Waals surface area (Å²) < 4.78 is 80.3. The average Bonchev–Trinajstić information content (AvgIpc) is 2.83. The SMILES string of the molecule is CSc1nc2c(c(-c3ccccc3C)n1)C(=O)N(Cc1cc(C(F)(F)F)cc(C(F)(F)F)c1)CCCN2. The Bertz CT molecular complexity index is 1290. The molecule has 1 amide bonds. The first-order valence-electron chi connectivity index (χ1n) is 11.2. The van der Waals surface area contributed by atoms with Gasteiger partial charge in [-0.2, -0.15) is 26.3 Å². The predicted octanol–water partition coefficient (Wildman–Crippen LogP) is 6.67. The van der Waals surface area contributed by atoms with Crippen molar-refractivity contribution >= 4 is 23.5 Å². The number of alkyl halides is 6. The van der Waals surface area contributed by atoms with Crippen molar-refractivity contribution in [2.45, 2.75) is 37.4 Å². The number of anilines is 1. The molecule has 3 aromatic rings. The molecule has 2 heterocycles. The fourth-order valence-corrected chi connectivity index (χ4v) is 4.48. The van der Waals surface area contributed by atoms with Gasteiger partial charge in [0.15, 0.2) is 5.16 Å². The topological polar surface area (TPSA) is 58.1 Å². The highest BCUT2D eigenvalue weighted by Crippen LogP contribution is 2.37. The van der Waals surface area contributed by atoms with E-state index in [0.29, 0.717) is 41.5 Å². The lowest BCUT2D eigenvalue weighted by Crippen LogP contribution is -2.36. The third-order valence-corrected chi connectivity index (χ3v) is 6.44. The van der Waals surface area contributed by atoms with Gasteiger partial charge in [0.2, 0.25) is 0 Å². The van der Waals surface area contributed by atoms with Crippen LogP contribution in [0, 0.1) is 6.92 Å². The number of hydrogen-bond acceptors (Lipinski definition) is 5. The molecule has 4 rings (SSSR count). The number of carbonyl (C=O) groups excluding carboxylic acids is 1. The Labute approximate surface area is 213 Å². The normalized spacial score (nSPS) is 14.6. The molecule has 0 saturated heterocycles. The zero-order valence-electron chi connectivity index (χ0n) is 19.8. The van der Waals surface area contributed by atoms with Crippen LogP contribution in [0.15, 0.2) is 47.6 Å². The largest absolute Gasteiger partial charge is 0.416 e. The Morgan fingerprint density at radius 1 is 1.00 bits per heavy atom. The third kappa shape index (κ3) is 5.84. The number of amides is 1. The Kier molecular flexibility index (Phi) is 7.40. The first kappa shape index (κ1) is 26.8. The number of fused-ring (bicyclic) bond motifs is 1. The van der Waals surface area contributed by atoms with Crippen LogP contribution in [0.5, 0.6) is 0 Å². The molecule has 196 valence electrons. The van der Waals surface area contributed by atoms with Crippen LogP contribution >= 0.6 is 11.8 Å². The maximum atomic E-state index is 13.8. The van der Waals surface area contributed by atoms with Gasteiger partial charge in [0, 0.05) is 25.2 Å². The van der Waals surface area contributed by atoms with E-state index in [9.17, 15) is 31.1 Å². The molecule has 0 atom stereocenters. The van der Waals surface area contributed by atoms with Crippen molar-refractivity contribution in [3.63, 3.8) is 0 Å². The first-order valence-corrected chi connectivity index (χ1v) is 12.4. The van der Waals surface area contributed by atoms with Gasteiger partial charge in [0.05, 0.1) is 16.8 Å². The van der Waals surface area contributed by atoms with Crippen molar-refractivity contribution < 1.29 is 31.1 Å². The number of nitrogens with one attached hydrogen (secondary N) is 1. The van der Waals surface area contributed by atoms with Gasteiger partial charge in [-0.1, -0.05) is 36.0 Å². The van der Waals surface area contributed by atoms with Crippen molar-refractivity contribution in [2.24, 2.45) is 0 Å². The fraction of sp³-hybridized carbons (Fsp3) is 0.320. The van der Waals surface area contributed by atoms with Gasteiger partial charge in [0.25, 0.3) is 5.91 Å². The van der Waals surface area contributed by atoms with E-state index in [-0.39, 0.29) is 29.6 Å². The van der Waals surface area contributed by atoms with E-state index in [1.165, 1.54) is 16.7 Å². The molecule has 0 bridgehead atoms. The van der Waals surface area contributed by atoms with Crippen LogP contribution in [0.1, 0.15) is 39.0 Å². The fourth-order valence-electron chi connectivity index (χ4n) is 4.11. The number of benzene rings is 2. The average molecular weight is 541 g/mol. The second kappa shape index (κ2) is 10.2. The van der Waals surface area contributed by atoms with Crippen LogP contribution < -0.4 is 5.32 Å². The lowest BCUT2D eigenvalue weighted by Gasteiger charge is -2.28. The van der Waals surface area contributed by atoms with Crippen LogP contribution in [0.4, 0.5) is 32.2 Å². The Balaban J connectivity index is 1.82. The molecule has 1 aliphatic rings. The van der Waals surface area contributed by atoms with E-state index in [2.05, 4.69) is 15.3 Å². The van der Waals surface area contributed by atoms with Gasteiger partial charge < -0.3 is 10.2 Å². The molecule has 37 heavy (non-hydrogen) atoms. The lowest BCUT2D eigenvalue weighted by molar-refractivity contribution is -0.143. The van der Waals surface area contributed by atoms with E-state index in [1.54, 1.807) is 18.4 Å². The molecule has 0 saturated carbocycles. The number of halogens is 6. The monoisotopic (exact) mass is 540 g/mol. The molecule has 0 radical (unpaired) electrons. The first-order chi connectivity index (χ1) is 17.4. The maximum Gasteiger partial charge on any atom is 0.416 e. The molecule has 0 aliphatic carbocycles. The summed E-state index contributed by atoms with van der Waals surface area (Å²) in [7, 11) is 0. The highest BCUT2D eigenvalue weighted by molar-refractivity contribution is 7.98. The molecular weight excluding hydrogens is 518 g/mol. The van der Waals surface area contributed by atoms with E-state index >= 15 is 0 Å². The highest BCUT2D eigenvalue weighted by atomic mass is 32.2. The van der Waals surface area contributed by atoms with Gasteiger partial charge >= 0.3 is 12.4 Å². The number of hydrogen-bond donors (Lipinski definition) is 1. The Morgan fingerprint density at radius 2 is 1.65 bits per heavy atom. The number of nitrogens with zero attached hydrogens (tertiary/aromatic N) is 3. The minimum absolute atomic E-state index is 0.0755. The van der Waals surface area contributed by atoms with Gasteiger partial charge in [-0.25, -0.2) is 9.97 Å². The smallest absolute Gasteiger partial charge is 0.369 e. The maximum absolute atomic E-state index is 13.8. The van der Waals surface area contributed by atoms with Crippen LogP contribution in [0.2, 0.25) is 0 Å². The number of rotatable bonds is 4. The summed E-state index contributed by atoms with van der Waals surface area (Å²) in [4.78, 5) is 24.1. The summed E-state index contributed by atoms with van der Waals surface area (Å²) in [5.41, 5.74) is -1.15. The van der Waals surface area contributed by atoms with Crippen molar-refractivity contribution in [3.8, 4) is 11.3 Å². The molecule has 1 aliphatic heterocycles. The van der Waals surface area contributed by atoms with E-state index < -0.39 is 35.9 Å². The summed E-state index contributed by atoms with van der Waals surface area (Å²) in [5, 5.41) is 3.55. The molecule has 12 heteroatoms. The van der Waals surface area contributed by atoms with Gasteiger partial charge in [-0.05, 0) is 48.9 Å². The van der Waals surface area contributed by atoms with E-state index in [0.717, 1.165) is 5.56 Å². The summed E-state index contributed by atoms with van der Waals surface area (Å²) in [6.07, 6.45) is -7.76. The number of aromatic nitrogens is 2. The third-order valence-electron chi connectivity index (χ3n) is 5.89. The van der Waals surface area contributed by atoms with Crippen LogP contribution in [0.3, 0.4) is 0 Å². The Hall–Kier alpha value is -3.28. The molecule has 0 spiro atoms. The molecule has 5 nitrogen and oxygen atoms in total. The van der Waals surface area contributed by atoms with Gasteiger partial charge in [-0.15, -0.1) is 0 Å².